The average molecular weight is 277 g/mol. The highest BCUT2D eigenvalue weighted by atomic mass is 32.1. The SMILES string of the molecule is O=C(Cc1ncc(B(O)O)s1)OCc1ccccc1. The number of aromatic nitrogens is 1. The number of hydrogen-bond donors (Lipinski definition) is 2. The standard InChI is InChI=1S/C12H12BNO4S/c15-12(18-8-9-4-2-1-3-5-9)6-11-14-7-10(19-11)13(16)17/h1-5,7,16-17H,6,8H2. The Hall–Kier alpha value is -1.70. The van der Waals surface area contributed by atoms with E-state index in [1.165, 1.54) is 6.20 Å². The van der Waals surface area contributed by atoms with Crippen LogP contribution in [0.3, 0.4) is 0 Å². The molecule has 0 saturated heterocycles. The van der Waals surface area contributed by atoms with Gasteiger partial charge < -0.3 is 14.8 Å². The van der Waals surface area contributed by atoms with Crippen LogP contribution in [0.2, 0.25) is 0 Å². The lowest BCUT2D eigenvalue weighted by Gasteiger charge is -2.03. The van der Waals surface area contributed by atoms with E-state index in [0.717, 1.165) is 16.9 Å². The Morgan fingerprint density at radius 1 is 1.32 bits per heavy atom. The van der Waals surface area contributed by atoms with Gasteiger partial charge in [0.05, 0.1) is 11.2 Å². The monoisotopic (exact) mass is 277 g/mol. The molecule has 0 unspecified atom stereocenters. The highest BCUT2D eigenvalue weighted by Crippen LogP contribution is 2.06. The molecule has 2 aromatic rings. The number of hydrogen-bond acceptors (Lipinski definition) is 6. The Morgan fingerprint density at radius 3 is 2.68 bits per heavy atom. The van der Waals surface area contributed by atoms with E-state index in [2.05, 4.69) is 4.98 Å². The highest BCUT2D eigenvalue weighted by molar-refractivity contribution is 7.21. The summed E-state index contributed by atoms with van der Waals surface area (Å²) >= 11 is 1.08. The van der Waals surface area contributed by atoms with Gasteiger partial charge in [-0.3, -0.25) is 4.79 Å². The van der Waals surface area contributed by atoms with Crippen LogP contribution in [0.15, 0.2) is 36.5 Å². The summed E-state index contributed by atoms with van der Waals surface area (Å²) in [5, 5.41) is 18.4. The van der Waals surface area contributed by atoms with Crippen molar-refractivity contribution in [3.8, 4) is 0 Å². The van der Waals surface area contributed by atoms with Crippen LogP contribution in [0.5, 0.6) is 0 Å². The number of benzene rings is 1. The molecule has 0 spiro atoms. The molecule has 1 heterocycles. The second kappa shape index (κ2) is 6.47. The second-order valence-electron chi connectivity index (χ2n) is 3.85. The van der Waals surface area contributed by atoms with E-state index < -0.39 is 13.1 Å². The van der Waals surface area contributed by atoms with Gasteiger partial charge in [-0.15, -0.1) is 11.3 Å². The molecule has 98 valence electrons. The molecule has 1 aromatic carbocycles. The third-order valence-electron chi connectivity index (χ3n) is 2.36. The van der Waals surface area contributed by atoms with Crippen molar-refractivity contribution in [2.45, 2.75) is 13.0 Å². The normalized spacial score (nSPS) is 10.2. The largest absolute Gasteiger partial charge is 0.500 e. The molecule has 2 N–H and O–H groups in total. The van der Waals surface area contributed by atoms with Crippen molar-refractivity contribution in [2.75, 3.05) is 0 Å². The summed E-state index contributed by atoms with van der Waals surface area (Å²) in [7, 11) is -1.55. The van der Waals surface area contributed by atoms with E-state index in [1.807, 2.05) is 30.3 Å². The van der Waals surface area contributed by atoms with Crippen molar-refractivity contribution < 1.29 is 19.6 Å². The van der Waals surface area contributed by atoms with Gasteiger partial charge in [0.2, 0.25) is 0 Å². The van der Waals surface area contributed by atoms with Crippen LogP contribution in [-0.2, 0) is 22.6 Å². The maximum absolute atomic E-state index is 11.6. The first-order chi connectivity index (χ1) is 9.15. The summed E-state index contributed by atoms with van der Waals surface area (Å²) in [6, 6.07) is 9.38. The van der Waals surface area contributed by atoms with Gasteiger partial charge >= 0.3 is 13.1 Å². The fraction of sp³-hybridized carbons (Fsp3) is 0.167. The number of ether oxygens (including phenoxy) is 1. The number of nitrogens with zero attached hydrogens (tertiary/aromatic N) is 1. The third kappa shape index (κ3) is 4.16. The molecule has 1 aromatic heterocycles. The summed E-state index contributed by atoms with van der Waals surface area (Å²) < 4.78 is 5.42. The van der Waals surface area contributed by atoms with Gasteiger partial charge in [0, 0.05) is 6.20 Å². The van der Waals surface area contributed by atoms with E-state index in [9.17, 15) is 4.79 Å². The van der Waals surface area contributed by atoms with Crippen LogP contribution in [0, 0.1) is 0 Å². The second-order valence-corrected chi connectivity index (χ2v) is 5.00. The van der Waals surface area contributed by atoms with Gasteiger partial charge in [-0.2, -0.15) is 0 Å². The molecule has 0 aliphatic rings. The Balaban J connectivity index is 1.84. The lowest BCUT2D eigenvalue weighted by Crippen LogP contribution is -2.26. The van der Waals surface area contributed by atoms with Gasteiger partial charge in [-0.1, -0.05) is 30.3 Å². The maximum Gasteiger partial charge on any atom is 0.500 e. The zero-order valence-corrected chi connectivity index (χ0v) is 10.8. The van der Waals surface area contributed by atoms with Crippen molar-refractivity contribution in [3.05, 3.63) is 47.1 Å². The number of carbonyl (C=O) groups is 1. The molecule has 0 atom stereocenters. The van der Waals surface area contributed by atoms with Crippen LogP contribution < -0.4 is 4.78 Å². The van der Waals surface area contributed by atoms with Crippen LogP contribution >= 0.6 is 11.3 Å². The third-order valence-corrected chi connectivity index (χ3v) is 3.40. The summed E-state index contributed by atoms with van der Waals surface area (Å²) in [6.07, 6.45) is 1.37. The summed E-state index contributed by atoms with van der Waals surface area (Å²) in [4.78, 5) is 15.5. The molecule has 7 heteroatoms. The van der Waals surface area contributed by atoms with Crippen molar-refractivity contribution in [2.24, 2.45) is 0 Å². The molecule has 0 aliphatic carbocycles. The lowest BCUT2D eigenvalue weighted by molar-refractivity contribution is -0.144. The molecule has 19 heavy (non-hydrogen) atoms. The maximum atomic E-state index is 11.6. The fourth-order valence-corrected chi connectivity index (χ4v) is 2.22. The lowest BCUT2D eigenvalue weighted by atomic mass is 9.91. The quantitative estimate of drug-likeness (QED) is 0.599. The first-order valence-electron chi connectivity index (χ1n) is 5.65. The minimum absolute atomic E-state index is 0.0320. The molecule has 0 radical (unpaired) electrons. The van der Waals surface area contributed by atoms with Gasteiger partial charge in [-0.05, 0) is 5.56 Å². The van der Waals surface area contributed by atoms with Gasteiger partial charge in [-0.25, -0.2) is 4.98 Å². The Morgan fingerprint density at radius 2 is 2.05 bits per heavy atom. The summed E-state index contributed by atoms with van der Waals surface area (Å²) in [6.45, 7) is 0.223. The molecule has 0 saturated carbocycles. The van der Waals surface area contributed by atoms with Gasteiger partial charge in [0.1, 0.15) is 11.6 Å². The molecule has 0 bridgehead atoms. The van der Waals surface area contributed by atoms with Gasteiger partial charge in [0.15, 0.2) is 0 Å². The first-order valence-corrected chi connectivity index (χ1v) is 6.47. The topological polar surface area (TPSA) is 79.7 Å². The van der Waals surface area contributed by atoms with Crippen molar-refractivity contribution in [1.29, 1.82) is 0 Å². The van der Waals surface area contributed by atoms with E-state index in [1.54, 1.807) is 0 Å². The molecular formula is C12H12BNO4S. The van der Waals surface area contributed by atoms with Crippen LogP contribution in [-0.4, -0.2) is 28.1 Å². The minimum atomic E-state index is -1.55. The fourth-order valence-electron chi connectivity index (χ4n) is 1.44. The van der Waals surface area contributed by atoms with E-state index in [4.69, 9.17) is 14.8 Å². The predicted octanol–water partition coefficient (Wildman–Crippen LogP) is 0.109. The molecule has 0 aliphatic heterocycles. The van der Waals surface area contributed by atoms with Crippen LogP contribution in [0.4, 0.5) is 0 Å². The number of thiazole rings is 1. The zero-order valence-electron chi connectivity index (χ0n) is 10.0. The van der Waals surface area contributed by atoms with E-state index in [-0.39, 0.29) is 13.0 Å². The Labute approximate surface area is 114 Å². The molecule has 5 nitrogen and oxygen atoms in total. The molecular weight excluding hydrogens is 265 g/mol. The van der Waals surface area contributed by atoms with Crippen molar-refractivity contribution in [1.82, 2.24) is 4.98 Å². The van der Waals surface area contributed by atoms with Crippen molar-refractivity contribution >= 4 is 29.2 Å². The van der Waals surface area contributed by atoms with Crippen LogP contribution in [0.25, 0.3) is 0 Å². The molecule has 2 rings (SSSR count). The minimum Gasteiger partial charge on any atom is -0.460 e. The Bertz CT molecular complexity index is 544. The predicted molar refractivity (Wildman–Crippen MR) is 71.9 cm³/mol. The Kier molecular flexibility index (Phi) is 4.67. The van der Waals surface area contributed by atoms with E-state index in [0.29, 0.717) is 9.78 Å². The number of rotatable bonds is 5. The highest BCUT2D eigenvalue weighted by Gasteiger charge is 2.16. The van der Waals surface area contributed by atoms with Gasteiger partial charge in [0.25, 0.3) is 0 Å². The molecule has 0 amide bonds. The van der Waals surface area contributed by atoms with Crippen LogP contribution in [0.1, 0.15) is 10.6 Å². The summed E-state index contributed by atoms with van der Waals surface area (Å²) in [5.41, 5.74) is 0.918. The summed E-state index contributed by atoms with van der Waals surface area (Å²) in [5.74, 6) is -0.391. The van der Waals surface area contributed by atoms with E-state index >= 15 is 0 Å². The number of esters is 1. The van der Waals surface area contributed by atoms with Crippen molar-refractivity contribution in [3.63, 3.8) is 0 Å². The zero-order chi connectivity index (χ0) is 13.7. The molecule has 0 fully saturated rings. The number of carbonyl (C=O) groups excluding carboxylic acids is 1. The first kappa shape index (κ1) is 13.7. The average Bonchev–Trinajstić information content (AvgIpc) is 2.86. The smallest absolute Gasteiger partial charge is 0.460 e.